The average Bonchev–Trinajstić information content (AvgIpc) is 2.67. The summed E-state index contributed by atoms with van der Waals surface area (Å²) in [5.41, 5.74) is 1.56. The molecule has 27 heavy (non-hydrogen) atoms. The highest BCUT2D eigenvalue weighted by atomic mass is 32.2. The topological polar surface area (TPSA) is 87.3 Å². The second-order valence-corrected chi connectivity index (χ2v) is 6.98. The summed E-state index contributed by atoms with van der Waals surface area (Å²) >= 11 is 1.18. The zero-order valence-electron chi connectivity index (χ0n) is 14.9. The third-order valence-corrected chi connectivity index (χ3v) is 4.75. The first-order valence-electron chi connectivity index (χ1n) is 8.19. The molecule has 0 aromatic heterocycles. The number of benzene rings is 2. The molecule has 0 aliphatic rings. The zero-order chi connectivity index (χ0) is 19.8. The van der Waals surface area contributed by atoms with Crippen LogP contribution in [-0.2, 0) is 9.59 Å². The normalized spacial score (nSPS) is 11.4. The lowest BCUT2D eigenvalue weighted by Crippen LogP contribution is -2.25. The molecule has 0 aliphatic carbocycles. The Balaban J connectivity index is 1.80. The summed E-state index contributed by atoms with van der Waals surface area (Å²) in [6, 6.07) is 12.0. The van der Waals surface area contributed by atoms with Gasteiger partial charge in [0, 0.05) is 24.0 Å². The second kappa shape index (κ2) is 9.72. The van der Waals surface area contributed by atoms with E-state index in [0.717, 1.165) is 0 Å². The Hall–Kier alpha value is -2.87. The third-order valence-electron chi connectivity index (χ3n) is 3.60. The molecule has 0 heterocycles. The lowest BCUT2D eigenvalue weighted by molar-refractivity contribution is -0.115. The van der Waals surface area contributed by atoms with Gasteiger partial charge in [0.05, 0.1) is 11.0 Å². The Morgan fingerprint density at radius 1 is 0.963 bits per heavy atom. The molecule has 6 nitrogen and oxygen atoms in total. The summed E-state index contributed by atoms with van der Waals surface area (Å²) < 4.78 is 12.8. The molecule has 0 fully saturated rings. The Bertz CT molecular complexity index is 810. The van der Waals surface area contributed by atoms with Gasteiger partial charge in [-0.25, -0.2) is 4.39 Å². The maximum absolute atomic E-state index is 12.8. The first kappa shape index (κ1) is 20.4. The molecule has 0 saturated carbocycles. The minimum absolute atomic E-state index is 0.0849. The molecule has 2 aromatic rings. The van der Waals surface area contributed by atoms with Crippen molar-refractivity contribution in [1.82, 2.24) is 5.32 Å². The van der Waals surface area contributed by atoms with E-state index in [4.69, 9.17) is 0 Å². The Kier molecular flexibility index (Phi) is 7.36. The van der Waals surface area contributed by atoms with Gasteiger partial charge in [-0.15, -0.1) is 11.8 Å². The maximum atomic E-state index is 12.8. The van der Waals surface area contributed by atoms with Crippen molar-refractivity contribution in [3.63, 3.8) is 0 Å². The lowest BCUT2D eigenvalue weighted by atomic mass is 10.2. The molecule has 8 heteroatoms. The number of thioether (sulfide) groups is 1. The fraction of sp³-hybridized carbons (Fsp3) is 0.211. The SMILES string of the molecule is CNC(=O)c1ccc(NC(=O)[C@@H](C)SCC(=O)Nc2ccc(F)cc2)cc1. The van der Waals surface area contributed by atoms with E-state index in [9.17, 15) is 18.8 Å². The van der Waals surface area contributed by atoms with E-state index in [1.54, 1.807) is 38.2 Å². The summed E-state index contributed by atoms with van der Waals surface area (Å²) in [4.78, 5) is 35.6. The van der Waals surface area contributed by atoms with Gasteiger partial charge in [-0.2, -0.15) is 0 Å². The molecule has 142 valence electrons. The summed E-state index contributed by atoms with van der Waals surface area (Å²) in [7, 11) is 1.54. The van der Waals surface area contributed by atoms with Crippen LogP contribution in [0.2, 0.25) is 0 Å². The predicted octanol–water partition coefficient (Wildman–Crippen LogP) is 2.88. The number of carbonyl (C=O) groups is 3. The van der Waals surface area contributed by atoms with E-state index in [-0.39, 0.29) is 29.3 Å². The molecule has 0 spiro atoms. The number of hydrogen-bond donors (Lipinski definition) is 3. The van der Waals surface area contributed by atoms with E-state index in [2.05, 4.69) is 16.0 Å². The van der Waals surface area contributed by atoms with Crippen molar-refractivity contribution in [2.45, 2.75) is 12.2 Å². The standard InChI is InChI=1S/C19H20FN3O3S/c1-12(27-11-17(24)22-15-9-5-14(20)6-10-15)18(25)23-16-7-3-13(4-8-16)19(26)21-2/h3-10,12H,11H2,1-2H3,(H,21,26)(H,22,24)(H,23,25)/t12-/m1/s1. The molecular weight excluding hydrogens is 369 g/mol. The van der Waals surface area contributed by atoms with Gasteiger partial charge < -0.3 is 16.0 Å². The summed E-state index contributed by atoms with van der Waals surface area (Å²) in [5, 5.41) is 7.45. The zero-order valence-corrected chi connectivity index (χ0v) is 15.7. The molecule has 2 rings (SSSR count). The highest BCUT2D eigenvalue weighted by Gasteiger charge is 2.16. The first-order chi connectivity index (χ1) is 12.9. The first-order valence-corrected chi connectivity index (χ1v) is 9.24. The minimum atomic E-state index is -0.456. The van der Waals surface area contributed by atoms with Crippen LogP contribution in [0.1, 0.15) is 17.3 Å². The van der Waals surface area contributed by atoms with Gasteiger partial charge in [0.2, 0.25) is 11.8 Å². The minimum Gasteiger partial charge on any atom is -0.355 e. The van der Waals surface area contributed by atoms with E-state index in [1.807, 2.05) is 0 Å². The molecule has 0 saturated heterocycles. The van der Waals surface area contributed by atoms with Crippen molar-refractivity contribution >= 4 is 40.9 Å². The van der Waals surface area contributed by atoms with Crippen molar-refractivity contribution < 1.29 is 18.8 Å². The largest absolute Gasteiger partial charge is 0.355 e. The fourth-order valence-electron chi connectivity index (χ4n) is 2.10. The van der Waals surface area contributed by atoms with Crippen LogP contribution in [0.5, 0.6) is 0 Å². The van der Waals surface area contributed by atoms with Gasteiger partial charge in [0.15, 0.2) is 0 Å². The highest BCUT2D eigenvalue weighted by molar-refractivity contribution is 8.01. The van der Waals surface area contributed by atoms with Gasteiger partial charge in [0.25, 0.3) is 5.91 Å². The number of rotatable bonds is 7. The van der Waals surface area contributed by atoms with Crippen molar-refractivity contribution in [3.05, 3.63) is 59.9 Å². The maximum Gasteiger partial charge on any atom is 0.251 e. The van der Waals surface area contributed by atoms with Gasteiger partial charge in [-0.3, -0.25) is 14.4 Å². The highest BCUT2D eigenvalue weighted by Crippen LogP contribution is 2.16. The van der Waals surface area contributed by atoms with Crippen LogP contribution < -0.4 is 16.0 Å². The van der Waals surface area contributed by atoms with Crippen molar-refractivity contribution in [3.8, 4) is 0 Å². The molecule has 1 atom stereocenters. The quantitative estimate of drug-likeness (QED) is 0.680. The van der Waals surface area contributed by atoms with E-state index in [1.165, 1.54) is 36.0 Å². The summed E-state index contributed by atoms with van der Waals surface area (Å²) in [5.74, 6) is -1.02. The van der Waals surface area contributed by atoms with Crippen LogP contribution in [0.4, 0.5) is 15.8 Å². The van der Waals surface area contributed by atoms with Crippen LogP contribution in [0.15, 0.2) is 48.5 Å². The number of carbonyl (C=O) groups excluding carboxylic acids is 3. The molecule has 2 aromatic carbocycles. The second-order valence-electron chi connectivity index (χ2n) is 5.65. The van der Waals surface area contributed by atoms with E-state index < -0.39 is 5.25 Å². The van der Waals surface area contributed by atoms with Crippen LogP contribution >= 0.6 is 11.8 Å². The van der Waals surface area contributed by atoms with E-state index >= 15 is 0 Å². The summed E-state index contributed by atoms with van der Waals surface area (Å²) in [6.07, 6.45) is 0. The Labute approximate surface area is 160 Å². The van der Waals surface area contributed by atoms with Crippen molar-refractivity contribution in [2.75, 3.05) is 23.4 Å². The van der Waals surface area contributed by atoms with Gasteiger partial charge in [0.1, 0.15) is 5.82 Å². The summed E-state index contributed by atoms with van der Waals surface area (Å²) in [6.45, 7) is 1.70. The molecule has 3 N–H and O–H groups in total. The molecule has 0 bridgehead atoms. The van der Waals surface area contributed by atoms with Crippen LogP contribution in [0.25, 0.3) is 0 Å². The smallest absolute Gasteiger partial charge is 0.251 e. The number of anilines is 2. The van der Waals surface area contributed by atoms with E-state index in [0.29, 0.717) is 16.9 Å². The molecule has 3 amide bonds. The molecular formula is C19H20FN3O3S. The fourth-order valence-corrected chi connectivity index (χ4v) is 2.78. The monoisotopic (exact) mass is 389 g/mol. The number of halogens is 1. The average molecular weight is 389 g/mol. The number of hydrogen-bond acceptors (Lipinski definition) is 4. The van der Waals surface area contributed by atoms with Crippen LogP contribution in [0.3, 0.4) is 0 Å². The number of nitrogens with one attached hydrogen (secondary N) is 3. The predicted molar refractivity (Wildman–Crippen MR) is 105 cm³/mol. The number of amides is 3. The van der Waals surface area contributed by atoms with Crippen molar-refractivity contribution in [1.29, 1.82) is 0 Å². The molecule has 0 aliphatic heterocycles. The third kappa shape index (κ3) is 6.41. The van der Waals surface area contributed by atoms with Crippen molar-refractivity contribution in [2.24, 2.45) is 0 Å². The van der Waals surface area contributed by atoms with Crippen LogP contribution in [0, 0.1) is 5.82 Å². The Morgan fingerprint density at radius 2 is 1.52 bits per heavy atom. The lowest BCUT2D eigenvalue weighted by Gasteiger charge is -2.12. The van der Waals surface area contributed by atoms with Gasteiger partial charge >= 0.3 is 0 Å². The molecule has 0 radical (unpaired) electrons. The van der Waals surface area contributed by atoms with Crippen LogP contribution in [-0.4, -0.2) is 35.8 Å². The molecule has 0 unspecified atom stereocenters. The Morgan fingerprint density at radius 3 is 2.11 bits per heavy atom. The van der Waals surface area contributed by atoms with Gasteiger partial charge in [-0.1, -0.05) is 0 Å². The van der Waals surface area contributed by atoms with Gasteiger partial charge in [-0.05, 0) is 55.5 Å².